The molecular formula is C21H23NO2S. The van der Waals surface area contributed by atoms with Crippen LogP contribution in [0.15, 0.2) is 77.2 Å². The van der Waals surface area contributed by atoms with E-state index in [1.165, 1.54) is 0 Å². The van der Waals surface area contributed by atoms with Gasteiger partial charge in [-0.1, -0.05) is 66.3 Å². The molecule has 0 unspecified atom stereocenters. The molecule has 0 aromatic heterocycles. The molecule has 0 aliphatic carbocycles. The molecule has 25 heavy (non-hydrogen) atoms. The summed E-state index contributed by atoms with van der Waals surface area (Å²) < 4.78 is 27.6. The van der Waals surface area contributed by atoms with Crippen molar-refractivity contribution in [3.63, 3.8) is 0 Å². The molecule has 0 radical (unpaired) electrons. The summed E-state index contributed by atoms with van der Waals surface area (Å²) in [5.41, 5.74) is 4.12. The zero-order chi connectivity index (χ0) is 17.9. The zero-order valence-corrected chi connectivity index (χ0v) is 15.3. The summed E-state index contributed by atoms with van der Waals surface area (Å²) in [5.74, 6) is 0. The number of rotatable bonds is 3. The highest BCUT2D eigenvalue weighted by atomic mass is 32.2. The van der Waals surface area contributed by atoms with Gasteiger partial charge < -0.3 is 0 Å². The third kappa shape index (κ3) is 4.09. The van der Waals surface area contributed by atoms with Crippen LogP contribution in [0.3, 0.4) is 0 Å². The SMILES string of the molecule is C=C1CCCN(S(=O)(=O)c2ccc(C)cc2)C/C1=C\c1ccccc1. The van der Waals surface area contributed by atoms with Crippen LogP contribution < -0.4 is 0 Å². The fourth-order valence-corrected chi connectivity index (χ4v) is 4.43. The van der Waals surface area contributed by atoms with Gasteiger partial charge in [0.05, 0.1) is 4.90 Å². The number of benzene rings is 2. The van der Waals surface area contributed by atoms with E-state index in [1.807, 2.05) is 55.5 Å². The predicted octanol–water partition coefficient (Wildman–Crippen LogP) is 4.42. The average molecular weight is 353 g/mol. The Balaban J connectivity index is 1.93. The number of sulfonamides is 1. The van der Waals surface area contributed by atoms with Gasteiger partial charge >= 0.3 is 0 Å². The third-order valence-electron chi connectivity index (χ3n) is 4.49. The van der Waals surface area contributed by atoms with Gasteiger partial charge in [0.1, 0.15) is 0 Å². The van der Waals surface area contributed by atoms with Gasteiger partial charge in [0.15, 0.2) is 0 Å². The number of hydrogen-bond donors (Lipinski definition) is 0. The molecule has 130 valence electrons. The highest BCUT2D eigenvalue weighted by Gasteiger charge is 2.27. The number of hydrogen-bond acceptors (Lipinski definition) is 2. The molecule has 2 aromatic rings. The van der Waals surface area contributed by atoms with Crippen LogP contribution in [0, 0.1) is 6.92 Å². The molecule has 1 aliphatic heterocycles. The van der Waals surface area contributed by atoms with Crippen molar-refractivity contribution in [3.05, 3.63) is 83.4 Å². The Labute approximate surface area is 150 Å². The van der Waals surface area contributed by atoms with E-state index in [4.69, 9.17) is 0 Å². The summed E-state index contributed by atoms with van der Waals surface area (Å²) in [6, 6.07) is 17.0. The zero-order valence-electron chi connectivity index (χ0n) is 14.5. The summed E-state index contributed by atoms with van der Waals surface area (Å²) >= 11 is 0. The van der Waals surface area contributed by atoms with Crippen molar-refractivity contribution >= 4 is 16.1 Å². The van der Waals surface area contributed by atoms with E-state index in [9.17, 15) is 8.42 Å². The van der Waals surface area contributed by atoms with Gasteiger partial charge in [-0.25, -0.2) is 8.42 Å². The molecule has 3 rings (SSSR count). The lowest BCUT2D eigenvalue weighted by molar-refractivity contribution is 0.441. The van der Waals surface area contributed by atoms with Crippen molar-refractivity contribution in [3.8, 4) is 0 Å². The van der Waals surface area contributed by atoms with E-state index in [1.54, 1.807) is 16.4 Å². The highest BCUT2D eigenvalue weighted by molar-refractivity contribution is 7.89. The summed E-state index contributed by atoms with van der Waals surface area (Å²) in [7, 11) is -3.50. The molecule has 0 bridgehead atoms. The molecule has 2 aromatic carbocycles. The molecule has 1 fully saturated rings. The summed E-state index contributed by atoms with van der Waals surface area (Å²) in [5, 5.41) is 0. The third-order valence-corrected chi connectivity index (χ3v) is 6.35. The van der Waals surface area contributed by atoms with Crippen LogP contribution in [0.2, 0.25) is 0 Å². The molecule has 1 aliphatic rings. The molecule has 0 amide bonds. The lowest BCUT2D eigenvalue weighted by atomic mass is 10.0. The van der Waals surface area contributed by atoms with Crippen LogP contribution >= 0.6 is 0 Å². The second-order valence-electron chi connectivity index (χ2n) is 6.44. The first-order valence-corrected chi connectivity index (χ1v) is 9.91. The minimum absolute atomic E-state index is 0.352. The van der Waals surface area contributed by atoms with Crippen molar-refractivity contribution < 1.29 is 8.42 Å². The predicted molar refractivity (Wildman–Crippen MR) is 103 cm³/mol. The Hall–Kier alpha value is -2.17. The molecule has 0 atom stereocenters. The minimum atomic E-state index is -3.50. The van der Waals surface area contributed by atoms with Crippen molar-refractivity contribution in [2.75, 3.05) is 13.1 Å². The van der Waals surface area contributed by atoms with Crippen LogP contribution in [0.4, 0.5) is 0 Å². The Bertz CT molecular complexity index is 881. The Morgan fingerprint density at radius 2 is 1.72 bits per heavy atom. The van der Waals surface area contributed by atoms with Crippen molar-refractivity contribution in [1.82, 2.24) is 4.31 Å². The van der Waals surface area contributed by atoms with Crippen molar-refractivity contribution in [2.45, 2.75) is 24.7 Å². The standard InChI is InChI=1S/C21H23NO2S/c1-17-10-12-21(13-11-17)25(23,24)22-14-6-7-18(2)20(16-22)15-19-8-4-3-5-9-19/h3-5,8-13,15H,2,6-7,14,16H2,1H3/b20-15+. The molecule has 3 nitrogen and oxygen atoms in total. The Morgan fingerprint density at radius 1 is 1.04 bits per heavy atom. The van der Waals surface area contributed by atoms with Gasteiger partial charge in [0, 0.05) is 13.1 Å². The molecule has 1 heterocycles. The first-order valence-electron chi connectivity index (χ1n) is 8.47. The van der Waals surface area contributed by atoms with Crippen LogP contribution in [0.5, 0.6) is 0 Å². The van der Waals surface area contributed by atoms with Crippen molar-refractivity contribution in [2.24, 2.45) is 0 Å². The Kier molecular flexibility index (Phi) is 5.21. The van der Waals surface area contributed by atoms with Crippen LogP contribution in [-0.2, 0) is 10.0 Å². The number of aryl methyl sites for hydroxylation is 1. The van der Waals surface area contributed by atoms with E-state index >= 15 is 0 Å². The monoisotopic (exact) mass is 353 g/mol. The smallest absolute Gasteiger partial charge is 0.207 e. The highest BCUT2D eigenvalue weighted by Crippen LogP contribution is 2.27. The molecule has 0 N–H and O–H groups in total. The molecular weight excluding hydrogens is 330 g/mol. The van der Waals surface area contributed by atoms with Crippen LogP contribution in [0.1, 0.15) is 24.0 Å². The van der Waals surface area contributed by atoms with E-state index in [0.717, 1.165) is 35.1 Å². The van der Waals surface area contributed by atoms with Crippen LogP contribution in [-0.4, -0.2) is 25.8 Å². The van der Waals surface area contributed by atoms with E-state index in [-0.39, 0.29) is 0 Å². The minimum Gasteiger partial charge on any atom is -0.207 e. The maximum absolute atomic E-state index is 13.0. The quantitative estimate of drug-likeness (QED) is 0.819. The molecule has 1 saturated heterocycles. The molecule has 4 heteroatoms. The van der Waals surface area contributed by atoms with E-state index in [2.05, 4.69) is 6.58 Å². The van der Waals surface area contributed by atoms with Gasteiger partial charge in [-0.05, 0) is 43.0 Å². The van der Waals surface area contributed by atoms with Gasteiger partial charge in [-0.3, -0.25) is 0 Å². The van der Waals surface area contributed by atoms with Gasteiger partial charge in [0.2, 0.25) is 10.0 Å². The maximum atomic E-state index is 13.0. The van der Waals surface area contributed by atoms with Gasteiger partial charge in [-0.2, -0.15) is 4.31 Å². The second kappa shape index (κ2) is 7.38. The fourth-order valence-electron chi connectivity index (χ4n) is 2.97. The molecule has 0 spiro atoms. The first kappa shape index (κ1) is 17.6. The summed E-state index contributed by atoms with van der Waals surface area (Å²) in [6.07, 6.45) is 3.65. The summed E-state index contributed by atoms with van der Waals surface area (Å²) in [6.45, 7) is 6.99. The van der Waals surface area contributed by atoms with Crippen molar-refractivity contribution in [1.29, 1.82) is 0 Å². The van der Waals surface area contributed by atoms with Crippen LogP contribution in [0.25, 0.3) is 6.08 Å². The van der Waals surface area contributed by atoms with E-state index < -0.39 is 10.0 Å². The first-order chi connectivity index (χ1) is 12.0. The average Bonchev–Trinajstić information content (AvgIpc) is 2.79. The molecule has 0 saturated carbocycles. The normalized spacial score (nSPS) is 18.3. The largest absolute Gasteiger partial charge is 0.243 e. The van der Waals surface area contributed by atoms with Gasteiger partial charge in [0.25, 0.3) is 0 Å². The second-order valence-corrected chi connectivity index (χ2v) is 8.38. The lowest BCUT2D eigenvalue weighted by Gasteiger charge is -2.21. The fraction of sp³-hybridized carbons (Fsp3) is 0.238. The van der Waals surface area contributed by atoms with E-state index in [0.29, 0.717) is 18.0 Å². The summed E-state index contributed by atoms with van der Waals surface area (Å²) in [4.78, 5) is 0.352. The lowest BCUT2D eigenvalue weighted by Crippen LogP contribution is -2.32. The topological polar surface area (TPSA) is 37.4 Å². The maximum Gasteiger partial charge on any atom is 0.243 e. The van der Waals surface area contributed by atoms with Gasteiger partial charge in [-0.15, -0.1) is 0 Å². The number of nitrogens with zero attached hydrogens (tertiary/aromatic N) is 1. The Morgan fingerprint density at radius 3 is 2.40 bits per heavy atom.